The Morgan fingerprint density at radius 1 is 1.29 bits per heavy atom. The SMILES string of the molecule is CN(C)c1cc(NC[C@H]2O[C@@H](N3C=NC4C(=O)NC=NC43)[C@H](O)[C@@H]2O)ncn1. The summed E-state index contributed by atoms with van der Waals surface area (Å²) in [6.45, 7) is 0.224. The molecule has 3 aliphatic rings. The van der Waals surface area contributed by atoms with Gasteiger partial charge in [0, 0.05) is 26.7 Å². The maximum Gasteiger partial charge on any atom is 0.254 e. The van der Waals surface area contributed by atoms with Crippen molar-refractivity contribution in [3.63, 3.8) is 0 Å². The largest absolute Gasteiger partial charge is 0.387 e. The number of aliphatic imine (C=N–C) groups is 2. The van der Waals surface area contributed by atoms with E-state index in [0.717, 1.165) is 5.82 Å². The molecule has 28 heavy (non-hydrogen) atoms. The van der Waals surface area contributed by atoms with Crippen LogP contribution in [-0.2, 0) is 9.53 Å². The minimum atomic E-state index is -1.18. The number of aliphatic hydroxyl groups excluding tert-OH is 2. The molecule has 1 aromatic heterocycles. The van der Waals surface area contributed by atoms with E-state index in [1.165, 1.54) is 19.0 Å². The zero-order valence-corrected chi connectivity index (χ0v) is 15.4. The van der Waals surface area contributed by atoms with Crippen LogP contribution in [-0.4, -0.2) is 101 Å². The molecule has 1 amide bonds. The van der Waals surface area contributed by atoms with Gasteiger partial charge in [0.15, 0.2) is 18.4 Å². The van der Waals surface area contributed by atoms with Gasteiger partial charge in [0.1, 0.15) is 36.3 Å². The Morgan fingerprint density at radius 3 is 2.89 bits per heavy atom. The van der Waals surface area contributed by atoms with Gasteiger partial charge in [0.25, 0.3) is 5.91 Å². The van der Waals surface area contributed by atoms with Crippen molar-refractivity contribution in [1.82, 2.24) is 20.2 Å². The van der Waals surface area contributed by atoms with Crippen LogP contribution >= 0.6 is 0 Å². The molecule has 2 unspecified atom stereocenters. The van der Waals surface area contributed by atoms with Gasteiger partial charge in [-0.15, -0.1) is 0 Å². The molecule has 1 saturated heterocycles. The van der Waals surface area contributed by atoms with Gasteiger partial charge in [0.2, 0.25) is 0 Å². The quantitative estimate of drug-likeness (QED) is 0.432. The van der Waals surface area contributed by atoms with Crippen molar-refractivity contribution in [1.29, 1.82) is 0 Å². The molecule has 1 fully saturated rings. The zero-order chi connectivity index (χ0) is 19.8. The highest BCUT2D eigenvalue weighted by molar-refractivity contribution is 5.96. The Bertz CT molecular complexity index is 803. The van der Waals surface area contributed by atoms with Crippen LogP contribution in [0, 0.1) is 0 Å². The standard InChI is InChI=1S/C16H22N8O4/c1-23(2)10-3-9(18-5-19-10)17-4-8-12(25)13(26)16(28-8)24-7-22-11-14(24)20-6-21-15(11)27/h3,5-8,11-14,16,25-26H,4H2,1-2H3,(H,17,18,19)(H,20,21,27)/t8-,11?,12-,13-,14?,16-/m1/s1. The molecule has 0 aromatic carbocycles. The van der Waals surface area contributed by atoms with Crippen molar-refractivity contribution in [2.75, 3.05) is 30.9 Å². The van der Waals surface area contributed by atoms with Crippen LogP contribution in [0.4, 0.5) is 11.6 Å². The van der Waals surface area contributed by atoms with E-state index in [9.17, 15) is 15.0 Å². The molecule has 6 atom stereocenters. The van der Waals surface area contributed by atoms with Crippen LogP contribution in [0.15, 0.2) is 22.4 Å². The topological polar surface area (TPSA) is 148 Å². The summed E-state index contributed by atoms with van der Waals surface area (Å²) in [6, 6.07) is 1.07. The summed E-state index contributed by atoms with van der Waals surface area (Å²) in [5.41, 5.74) is 0. The third-order valence-corrected chi connectivity index (χ3v) is 4.88. The highest BCUT2D eigenvalue weighted by Gasteiger charge is 2.50. The molecule has 150 valence electrons. The molecule has 3 aliphatic heterocycles. The van der Waals surface area contributed by atoms with Gasteiger partial charge in [-0.05, 0) is 0 Å². The molecule has 4 rings (SSSR count). The fourth-order valence-electron chi connectivity index (χ4n) is 3.34. The van der Waals surface area contributed by atoms with E-state index in [1.807, 2.05) is 19.0 Å². The first-order valence-corrected chi connectivity index (χ1v) is 8.83. The van der Waals surface area contributed by atoms with Gasteiger partial charge >= 0.3 is 0 Å². The predicted octanol–water partition coefficient (Wildman–Crippen LogP) is -2.40. The minimum Gasteiger partial charge on any atom is -0.387 e. The maximum absolute atomic E-state index is 11.9. The normalized spacial score (nSPS) is 33.7. The van der Waals surface area contributed by atoms with E-state index in [0.29, 0.717) is 5.82 Å². The Kier molecular flexibility index (Phi) is 4.83. The summed E-state index contributed by atoms with van der Waals surface area (Å²) in [6.07, 6.45) is -0.286. The summed E-state index contributed by atoms with van der Waals surface area (Å²) in [5.74, 6) is 1.03. The van der Waals surface area contributed by atoms with E-state index in [4.69, 9.17) is 4.74 Å². The summed E-state index contributed by atoms with van der Waals surface area (Å²) in [5, 5.41) is 26.5. The lowest BCUT2D eigenvalue weighted by Gasteiger charge is -2.32. The van der Waals surface area contributed by atoms with E-state index < -0.39 is 36.7 Å². The molecule has 12 nitrogen and oxygen atoms in total. The highest BCUT2D eigenvalue weighted by Crippen LogP contribution is 2.29. The van der Waals surface area contributed by atoms with Gasteiger partial charge < -0.3 is 35.4 Å². The zero-order valence-electron chi connectivity index (χ0n) is 15.4. The number of rotatable bonds is 5. The fraction of sp³-hybridized carbons (Fsp3) is 0.562. The highest BCUT2D eigenvalue weighted by atomic mass is 16.6. The molecule has 0 saturated carbocycles. The third-order valence-electron chi connectivity index (χ3n) is 4.88. The summed E-state index contributed by atoms with van der Waals surface area (Å²) in [4.78, 5) is 31.9. The predicted molar refractivity (Wildman–Crippen MR) is 100 cm³/mol. The van der Waals surface area contributed by atoms with E-state index in [1.54, 1.807) is 11.0 Å². The van der Waals surface area contributed by atoms with Gasteiger partial charge in [-0.3, -0.25) is 9.79 Å². The molecule has 0 spiro atoms. The van der Waals surface area contributed by atoms with Crippen molar-refractivity contribution < 1.29 is 19.7 Å². The van der Waals surface area contributed by atoms with Crippen molar-refractivity contribution in [3.8, 4) is 0 Å². The van der Waals surface area contributed by atoms with Crippen molar-refractivity contribution in [2.24, 2.45) is 9.98 Å². The smallest absolute Gasteiger partial charge is 0.254 e. The number of carbonyl (C=O) groups is 1. The van der Waals surface area contributed by atoms with Crippen molar-refractivity contribution in [2.45, 2.75) is 36.7 Å². The lowest BCUT2D eigenvalue weighted by molar-refractivity contribution is -0.123. The summed E-state index contributed by atoms with van der Waals surface area (Å²) < 4.78 is 5.87. The number of hydrogen-bond acceptors (Lipinski definition) is 11. The van der Waals surface area contributed by atoms with Crippen LogP contribution in [0.1, 0.15) is 0 Å². The van der Waals surface area contributed by atoms with Crippen LogP contribution in [0.25, 0.3) is 0 Å². The van der Waals surface area contributed by atoms with Crippen LogP contribution < -0.4 is 15.5 Å². The van der Waals surface area contributed by atoms with Crippen molar-refractivity contribution >= 4 is 30.2 Å². The van der Waals surface area contributed by atoms with E-state index in [2.05, 4.69) is 30.6 Å². The van der Waals surface area contributed by atoms with E-state index >= 15 is 0 Å². The maximum atomic E-state index is 11.9. The van der Waals surface area contributed by atoms with Crippen LogP contribution in [0.5, 0.6) is 0 Å². The minimum absolute atomic E-state index is 0.224. The second kappa shape index (κ2) is 7.30. The Balaban J connectivity index is 1.42. The van der Waals surface area contributed by atoms with E-state index in [-0.39, 0.29) is 12.5 Å². The third kappa shape index (κ3) is 3.25. The first-order chi connectivity index (χ1) is 13.5. The molecule has 4 N–H and O–H groups in total. The summed E-state index contributed by atoms with van der Waals surface area (Å²) >= 11 is 0. The second-order valence-electron chi connectivity index (χ2n) is 6.94. The van der Waals surface area contributed by atoms with Gasteiger partial charge in [-0.2, -0.15) is 0 Å². The molecule has 0 radical (unpaired) electrons. The lowest BCUT2D eigenvalue weighted by Crippen LogP contribution is -2.53. The molecule has 4 heterocycles. The molecule has 0 bridgehead atoms. The number of carbonyl (C=O) groups excluding carboxylic acids is 1. The van der Waals surface area contributed by atoms with Crippen LogP contribution in [0.2, 0.25) is 0 Å². The number of aromatic nitrogens is 2. The van der Waals surface area contributed by atoms with Crippen molar-refractivity contribution in [3.05, 3.63) is 12.4 Å². The Hall–Kier alpha value is -2.83. The number of nitrogens with one attached hydrogen (secondary N) is 2. The molecule has 1 aromatic rings. The average Bonchev–Trinajstić information content (AvgIpc) is 3.23. The molecule has 0 aliphatic carbocycles. The second-order valence-corrected chi connectivity index (χ2v) is 6.94. The number of fused-ring (bicyclic) bond motifs is 1. The number of ether oxygens (including phenoxy) is 1. The monoisotopic (exact) mass is 390 g/mol. The lowest BCUT2D eigenvalue weighted by atomic mass is 10.1. The van der Waals surface area contributed by atoms with Gasteiger partial charge in [-0.1, -0.05) is 0 Å². The first kappa shape index (κ1) is 18.5. The number of amides is 1. The first-order valence-electron chi connectivity index (χ1n) is 8.83. The van der Waals surface area contributed by atoms with Gasteiger partial charge in [-0.25, -0.2) is 15.0 Å². The molecule has 12 heteroatoms. The molecular weight excluding hydrogens is 368 g/mol. The number of hydrogen-bond donors (Lipinski definition) is 4. The van der Waals surface area contributed by atoms with Gasteiger partial charge in [0.05, 0.1) is 12.7 Å². The number of aliphatic hydroxyl groups is 2. The summed E-state index contributed by atoms with van der Waals surface area (Å²) in [7, 11) is 3.74. The number of anilines is 2. The average molecular weight is 390 g/mol. The van der Waals surface area contributed by atoms with Crippen LogP contribution in [0.3, 0.4) is 0 Å². The fourth-order valence-corrected chi connectivity index (χ4v) is 3.34. The molecular formula is C16H22N8O4. The Labute approximate surface area is 161 Å². The number of nitrogens with zero attached hydrogens (tertiary/aromatic N) is 6. The Morgan fingerprint density at radius 2 is 2.11 bits per heavy atom.